The van der Waals surface area contributed by atoms with Gasteiger partial charge in [0, 0.05) is 29.1 Å². The molecule has 2 heterocycles. The van der Waals surface area contributed by atoms with Crippen LogP contribution in [-0.2, 0) is 16.0 Å². The summed E-state index contributed by atoms with van der Waals surface area (Å²) < 4.78 is 12.3. The number of fused-ring (bicyclic) bond motifs is 1. The Morgan fingerprint density at radius 1 is 1.15 bits per heavy atom. The van der Waals surface area contributed by atoms with E-state index in [1.165, 1.54) is 28.7 Å². The Morgan fingerprint density at radius 3 is 2.45 bits per heavy atom. The lowest BCUT2D eigenvalue weighted by atomic mass is 9.59. The lowest BCUT2D eigenvalue weighted by Crippen LogP contribution is -2.45. The minimum absolute atomic E-state index is 0.215. The molecule has 2 aromatic carbocycles. The standard InChI is InChI=1S/C33H40N2O4S/c1-21-17-33(18-21)13-15-34(27(19-33)23-8-10-24(11-9-23)30(36)38-6)20-26-25-12-14-35(31(37)39-32(3,4)5)29(25)22(2)16-28(26)40-7/h8-12,14,16,27H,1,13,15,17-20H2,2-7H3/t27-/m0/s1. The van der Waals surface area contributed by atoms with Crippen molar-refractivity contribution in [3.8, 4) is 0 Å². The summed E-state index contributed by atoms with van der Waals surface area (Å²) in [6.07, 6.45) is 8.00. The van der Waals surface area contributed by atoms with Crippen LogP contribution in [-0.4, -0.2) is 47.0 Å². The van der Waals surface area contributed by atoms with Crippen molar-refractivity contribution < 1.29 is 19.1 Å². The molecule has 0 N–H and O–H groups in total. The quantitative estimate of drug-likeness (QED) is 0.179. The molecule has 2 fully saturated rings. The molecule has 1 atom stereocenters. The molecule has 212 valence electrons. The van der Waals surface area contributed by atoms with E-state index in [2.05, 4.69) is 48.9 Å². The number of nitrogens with zero attached hydrogens (tertiary/aromatic N) is 2. The Morgan fingerprint density at radius 2 is 1.85 bits per heavy atom. The fourth-order valence-electron chi connectivity index (χ4n) is 6.56. The van der Waals surface area contributed by atoms with E-state index in [0.29, 0.717) is 11.0 Å². The Labute approximate surface area is 241 Å². The highest BCUT2D eigenvalue weighted by Crippen LogP contribution is 2.56. The molecule has 5 rings (SSSR count). The van der Waals surface area contributed by atoms with Gasteiger partial charge in [0.15, 0.2) is 0 Å². The van der Waals surface area contributed by atoms with Crippen molar-refractivity contribution in [2.45, 2.75) is 76.5 Å². The van der Waals surface area contributed by atoms with Gasteiger partial charge in [-0.2, -0.15) is 0 Å². The van der Waals surface area contributed by atoms with Crippen LogP contribution in [0.1, 0.15) is 79.5 Å². The van der Waals surface area contributed by atoms with Gasteiger partial charge in [0.2, 0.25) is 0 Å². The van der Waals surface area contributed by atoms with Crippen LogP contribution in [0, 0.1) is 12.3 Å². The Kier molecular flexibility index (Phi) is 7.66. The van der Waals surface area contributed by atoms with E-state index in [4.69, 9.17) is 9.47 Å². The zero-order valence-corrected chi connectivity index (χ0v) is 25.3. The zero-order valence-electron chi connectivity index (χ0n) is 24.5. The van der Waals surface area contributed by atoms with Gasteiger partial charge in [0.25, 0.3) is 0 Å². The number of likely N-dealkylation sites (tertiary alicyclic amines) is 1. The molecule has 1 aliphatic carbocycles. The van der Waals surface area contributed by atoms with Gasteiger partial charge in [-0.3, -0.25) is 9.47 Å². The van der Waals surface area contributed by atoms with Crippen LogP contribution < -0.4 is 0 Å². The Balaban J connectivity index is 1.52. The maximum Gasteiger partial charge on any atom is 0.418 e. The van der Waals surface area contributed by atoms with Crippen molar-refractivity contribution in [1.82, 2.24) is 9.47 Å². The number of hydrogen-bond donors (Lipinski definition) is 0. The van der Waals surface area contributed by atoms with Crippen molar-refractivity contribution in [3.63, 3.8) is 0 Å². The third-order valence-corrected chi connectivity index (χ3v) is 9.17. The summed E-state index contributed by atoms with van der Waals surface area (Å²) in [4.78, 5) is 29.0. The number of hydrogen-bond acceptors (Lipinski definition) is 6. The van der Waals surface area contributed by atoms with E-state index < -0.39 is 5.60 Å². The molecule has 40 heavy (non-hydrogen) atoms. The summed E-state index contributed by atoms with van der Waals surface area (Å²) in [5, 5.41) is 1.09. The van der Waals surface area contributed by atoms with Gasteiger partial charge < -0.3 is 9.47 Å². The number of piperidine rings is 1. The molecule has 1 aromatic heterocycles. The number of carbonyl (C=O) groups is 2. The Bertz CT molecular complexity index is 1460. The van der Waals surface area contributed by atoms with E-state index in [-0.39, 0.29) is 18.1 Å². The molecule has 6 nitrogen and oxygen atoms in total. The van der Waals surface area contributed by atoms with Gasteiger partial charge >= 0.3 is 12.1 Å². The fourth-order valence-corrected chi connectivity index (χ4v) is 7.28. The first-order valence-corrected chi connectivity index (χ1v) is 15.2. The second-order valence-electron chi connectivity index (χ2n) is 12.5. The molecular formula is C33H40N2O4S. The summed E-state index contributed by atoms with van der Waals surface area (Å²) in [5.41, 5.74) is 6.06. The number of carbonyl (C=O) groups excluding carboxylic acids is 2. The van der Waals surface area contributed by atoms with Crippen molar-refractivity contribution in [2.75, 3.05) is 19.9 Å². The normalized spacial score (nSPS) is 19.1. The molecule has 2 aliphatic rings. The number of ether oxygens (including phenoxy) is 2. The number of aryl methyl sites for hydroxylation is 1. The first-order chi connectivity index (χ1) is 18.9. The molecule has 0 bridgehead atoms. The highest BCUT2D eigenvalue weighted by molar-refractivity contribution is 7.98. The van der Waals surface area contributed by atoms with Crippen molar-refractivity contribution in [1.29, 1.82) is 0 Å². The maximum atomic E-state index is 13.1. The smallest absolute Gasteiger partial charge is 0.418 e. The van der Waals surface area contributed by atoms with Crippen LogP contribution >= 0.6 is 11.8 Å². The molecule has 1 saturated carbocycles. The van der Waals surface area contributed by atoms with Gasteiger partial charge in [0.05, 0.1) is 18.2 Å². The molecule has 3 aromatic rings. The van der Waals surface area contributed by atoms with Crippen molar-refractivity contribution in [3.05, 3.63) is 77.0 Å². The second kappa shape index (κ2) is 10.7. The largest absolute Gasteiger partial charge is 0.465 e. The molecular weight excluding hydrogens is 520 g/mol. The van der Waals surface area contributed by atoms with Gasteiger partial charge in [-0.15, -0.1) is 11.8 Å². The molecule has 1 spiro atoms. The Hall–Kier alpha value is -3.03. The zero-order chi connectivity index (χ0) is 28.8. The van der Waals surface area contributed by atoms with Crippen LogP contribution in [0.2, 0.25) is 0 Å². The lowest BCUT2D eigenvalue weighted by molar-refractivity contribution is 0.0173. The monoisotopic (exact) mass is 560 g/mol. The molecule has 1 saturated heterocycles. The molecule has 0 unspecified atom stereocenters. The van der Waals surface area contributed by atoms with Crippen molar-refractivity contribution in [2.24, 2.45) is 5.41 Å². The van der Waals surface area contributed by atoms with Crippen LogP contribution in [0.5, 0.6) is 0 Å². The minimum atomic E-state index is -0.573. The first-order valence-electron chi connectivity index (χ1n) is 13.9. The average molecular weight is 561 g/mol. The summed E-state index contributed by atoms with van der Waals surface area (Å²) in [5.74, 6) is -0.319. The number of methoxy groups -OCH3 is 1. The minimum Gasteiger partial charge on any atom is -0.465 e. The van der Waals surface area contributed by atoms with Crippen LogP contribution in [0.25, 0.3) is 10.9 Å². The predicted octanol–water partition coefficient (Wildman–Crippen LogP) is 7.91. The molecule has 0 radical (unpaired) electrons. The van der Waals surface area contributed by atoms with Crippen LogP contribution in [0.4, 0.5) is 4.79 Å². The van der Waals surface area contributed by atoms with Gasteiger partial charge in [0.1, 0.15) is 5.60 Å². The lowest BCUT2D eigenvalue weighted by Gasteiger charge is -2.53. The van der Waals surface area contributed by atoms with E-state index in [0.717, 1.165) is 55.2 Å². The number of aromatic nitrogens is 1. The third kappa shape index (κ3) is 5.46. The second-order valence-corrected chi connectivity index (χ2v) is 13.3. The number of thioether (sulfide) groups is 1. The predicted molar refractivity (Wildman–Crippen MR) is 161 cm³/mol. The fraction of sp³-hybridized carbons (Fsp3) is 0.455. The third-order valence-electron chi connectivity index (χ3n) is 8.36. The number of allylic oxidation sites excluding steroid dienone is 1. The van der Waals surface area contributed by atoms with Gasteiger partial charge in [-0.1, -0.05) is 24.3 Å². The average Bonchev–Trinajstić information content (AvgIpc) is 3.35. The highest BCUT2D eigenvalue weighted by Gasteiger charge is 2.46. The first kappa shape index (κ1) is 28.5. The summed E-state index contributed by atoms with van der Waals surface area (Å²) in [7, 11) is 1.41. The number of rotatable bonds is 5. The van der Waals surface area contributed by atoms with Crippen LogP contribution in [0.15, 0.2) is 59.6 Å². The van der Waals surface area contributed by atoms with Gasteiger partial charge in [-0.05, 0) is 113 Å². The topological polar surface area (TPSA) is 60.8 Å². The number of esters is 1. The van der Waals surface area contributed by atoms with Crippen LogP contribution in [0.3, 0.4) is 0 Å². The van der Waals surface area contributed by atoms with E-state index in [1.54, 1.807) is 16.3 Å². The molecule has 0 amide bonds. The summed E-state index contributed by atoms with van der Waals surface area (Å²) in [6, 6.07) is 12.4. The van der Waals surface area contributed by atoms with Crippen molar-refractivity contribution >= 4 is 34.7 Å². The number of benzene rings is 2. The highest BCUT2D eigenvalue weighted by atomic mass is 32.2. The maximum absolute atomic E-state index is 13.1. The molecule has 1 aliphatic heterocycles. The SMILES string of the molecule is C=C1CC2(CCN(Cc3c(SC)cc(C)c4c3ccn4C(=O)OC(C)(C)C)[C@H](c3ccc(C(=O)OC)cc3)C2)C1. The van der Waals surface area contributed by atoms with E-state index in [1.807, 2.05) is 39.1 Å². The summed E-state index contributed by atoms with van der Waals surface area (Å²) in [6.45, 7) is 13.7. The summed E-state index contributed by atoms with van der Waals surface area (Å²) >= 11 is 1.75. The molecule has 7 heteroatoms. The van der Waals surface area contributed by atoms with E-state index in [9.17, 15) is 9.59 Å². The van der Waals surface area contributed by atoms with E-state index >= 15 is 0 Å². The van der Waals surface area contributed by atoms with Gasteiger partial charge in [-0.25, -0.2) is 9.59 Å².